The van der Waals surface area contributed by atoms with E-state index in [1.54, 1.807) is 13.4 Å². The van der Waals surface area contributed by atoms with E-state index in [0.29, 0.717) is 18.0 Å². The highest BCUT2D eigenvalue weighted by molar-refractivity contribution is 5.95. The molecule has 0 aliphatic carbocycles. The topological polar surface area (TPSA) is 54.7 Å². The summed E-state index contributed by atoms with van der Waals surface area (Å²) in [5.74, 6) is 1.38. The highest BCUT2D eigenvalue weighted by Gasteiger charge is 2.20. The zero-order valence-electron chi connectivity index (χ0n) is 12.5. The van der Waals surface area contributed by atoms with Crippen LogP contribution in [0.25, 0.3) is 0 Å². The van der Waals surface area contributed by atoms with Crippen LogP contribution in [-0.2, 0) is 11.3 Å². The first-order valence-corrected chi connectivity index (χ1v) is 6.78. The Morgan fingerprint density at radius 2 is 2.10 bits per heavy atom. The van der Waals surface area contributed by atoms with E-state index in [1.165, 1.54) is 0 Å². The van der Waals surface area contributed by atoms with Crippen molar-refractivity contribution in [2.75, 3.05) is 19.5 Å². The number of methoxy groups -OCH3 is 1. The molecular formula is C16H20N2O3. The van der Waals surface area contributed by atoms with Gasteiger partial charge in [-0.05, 0) is 38.2 Å². The molecular weight excluding hydrogens is 268 g/mol. The molecule has 1 atom stereocenters. The fourth-order valence-electron chi connectivity index (χ4n) is 1.97. The number of rotatable bonds is 6. The first-order chi connectivity index (χ1) is 10.1. The fraction of sp³-hybridized carbons (Fsp3) is 0.312. The van der Waals surface area contributed by atoms with Crippen molar-refractivity contribution < 1.29 is 13.9 Å². The van der Waals surface area contributed by atoms with Crippen molar-refractivity contribution in [2.45, 2.75) is 19.5 Å². The first-order valence-electron chi connectivity index (χ1n) is 6.78. The molecule has 1 aromatic heterocycles. The lowest BCUT2D eigenvalue weighted by molar-refractivity contribution is -0.120. The van der Waals surface area contributed by atoms with Crippen LogP contribution in [-0.4, -0.2) is 31.0 Å². The second kappa shape index (κ2) is 6.95. The van der Waals surface area contributed by atoms with Crippen LogP contribution in [0, 0.1) is 0 Å². The van der Waals surface area contributed by atoms with E-state index in [4.69, 9.17) is 9.15 Å². The number of carbonyl (C=O) groups excluding carboxylic acids is 1. The number of nitrogens with zero attached hydrogens (tertiary/aromatic N) is 1. The van der Waals surface area contributed by atoms with Gasteiger partial charge in [0, 0.05) is 0 Å². The third-order valence-corrected chi connectivity index (χ3v) is 3.39. The smallest absolute Gasteiger partial charge is 0.241 e. The summed E-state index contributed by atoms with van der Waals surface area (Å²) in [4.78, 5) is 14.2. The molecule has 0 spiro atoms. The molecule has 0 bridgehead atoms. The molecule has 1 heterocycles. The first kappa shape index (κ1) is 15.1. The maximum atomic E-state index is 12.3. The van der Waals surface area contributed by atoms with Gasteiger partial charge in [-0.1, -0.05) is 12.1 Å². The number of hydrogen-bond donors (Lipinski definition) is 1. The lowest BCUT2D eigenvalue weighted by Crippen LogP contribution is -2.39. The molecule has 5 nitrogen and oxygen atoms in total. The molecule has 0 radical (unpaired) electrons. The molecule has 0 unspecified atom stereocenters. The monoisotopic (exact) mass is 288 g/mol. The predicted octanol–water partition coefficient (Wildman–Crippen LogP) is 2.75. The van der Waals surface area contributed by atoms with Crippen molar-refractivity contribution in [2.24, 2.45) is 0 Å². The van der Waals surface area contributed by atoms with Crippen LogP contribution < -0.4 is 10.1 Å². The number of anilines is 1. The van der Waals surface area contributed by atoms with Crippen LogP contribution in [0.1, 0.15) is 12.7 Å². The number of nitrogens with one attached hydrogen (secondary N) is 1. The van der Waals surface area contributed by atoms with Gasteiger partial charge in [0.15, 0.2) is 0 Å². The van der Waals surface area contributed by atoms with Crippen LogP contribution in [0.15, 0.2) is 47.1 Å². The molecule has 1 amide bonds. The maximum absolute atomic E-state index is 12.3. The molecule has 112 valence electrons. The van der Waals surface area contributed by atoms with Crippen molar-refractivity contribution in [1.82, 2.24) is 4.90 Å². The molecule has 5 heteroatoms. The Kier molecular flexibility index (Phi) is 5.00. The molecule has 0 saturated heterocycles. The molecule has 0 fully saturated rings. The minimum Gasteiger partial charge on any atom is -0.495 e. The molecule has 1 aromatic carbocycles. The van der Waals surface area contributed by atoms with Gasteiger partial charge < -0.3 is 14.5 Å². The summed E-state index contributed by atoms with van der Waals surface area (Å²) in [5, 5.41) is 2.89. The van der Waals surface area contributed by atoms with E-state index in [9.17, 15) is 4.79 Å². The summed E-state index contributed by atoms with van der Waals surface area (Å²) in [6.07, 6.45) is 1.63. The number of hydrogen-bond acceptors (Lipinski definition) is 4. The van der Waals surface area contributed by atoms with Crippen molar-refractivity contribution >= 4 is 11.6 Å². The SMILES string of the molecule is COc1ccccc1NC(=O)[C@@H](C)N(C)Cc1ccco1. The highest BCUT2D eigenvalue weighted by Crippen LogP contribution is 2.23. The zero-order valence-corrected chi connectivity index (χ0v) is 12.5. The number of furan rings is 1. The van der Waals surface area contributed by atoms with E-state index in [-0.39, 0.29) is 11.9 Å². The quantitative estimate of drug-likeness (QED) is 0.888. The largest absolute Gasteiger partial charge is 0.495 e. The standard InChI is InChI=1S/C16H20N2O3/c1-12(18(2)11-13-7-6-10-21-13)16(19)17-14-8-4-5-9-15(14)20-3/h4-10,12H,11H2,1-3H3,(H,17,19)/t12-/m1/s1. The van der Waals surface area contributed by atoms with Crippen molar-refractivity contribution in [3.63, 3.8) is 0 Å². The maximum Gasteiger partial charge on any atom is 0.241 e. The van der Waals surface area contributed by atoms with Crippen LogP contribution in [0.4, 0.5) is 5.69 Å². The number of likely N-dealkylation sites (N-methyl/N-ethyl adjacent to an activating group) is 1. The van der Waals surface area contributed by atoms with Gasteiger partial charge in [0.25, 0.3) is 0 Å². The van der Waals surface area contributed by atoms with Crippen molar-refractivity contribution in [3.8, 4) is 5.75 Å². The summed E-state index contributed by atoms with van der Waals surface area (Å²) in [5.41, 5.74) is 0.670. The summed E-state index contributed by atoms with van der Waals surface area (Å²) in [7, 11) is 3.46. The summed E-state index contributed by atoms with van der Waals surface area (Å²) < 4.78 is 10.5. The Balaban J connectivity index is 1.98. The highest BCUT2D eigenvalue weighted by atomic mass is 16.5. The van der Waals surface area contributed by atoms with E-state index in [1.807, 2.05) is 55.3 Å². The molecule has 0 saturated carbocycles. The van der Waals surface area contributed by atoms with Gasteiger partial charge in [-0.2, -0.15) is 0 Å². The van der Waals surface area contributed by atoms with Gasteiger partial charge in [0.1, 0.15) is 11.5 Å². The molecule has 21 heavy (non-hydrogen) atoms. The molecule has 2 rings (SSSR count). The molecule has 1 N–H and O–H groups in total. The van der Waals surface area contributed by atoms with Crippen LogP contribution in [0.3, 0.4) is 0 Å². The predicted molar refractivity (Wildman–Crippen MR) is 81.3 cm³/mol. The van der Waals surface area contributed by atoms with E-state index >= 15 is 0 Å². The van der Waals surface area contributed by atoms with Crippen molar-refractivity contribution in [1.29, 1.82) is 0 Å². The van der Waals surface area contributed by atoms with E-state index in [2.05, 4.69) is 5.32 Å². The van der Waals surface area contributed by atoms with Crippen LogP contribution >= 0.6 is 0 Å². The molecule has 0 aliphatic heterocycles. The Morgan fingerprint density at radius 1 is 1.33 bits per heavy atom. The van der Waals surface area contributed by atoms with Gasteiger partial charge in [-0.15, -0.1) is 0 Å². The minimum absolute atomic E-state index is 0.0893. The Bertz CT molecular complexity index is 581. The van der Waals surface area contributed by atoms with Crippen LogP contribution in [0.5, 0.6) is 5.75 Å². The fourth-order valence-corrected chi connectivity index (χ4v) is 1.97. The van der Waals surface area contributed by atoms with Gasteiger partial charge in [0.05, 0.1) is 31.6 Å². The lowest BCUT2D eigenvalue weighted by atomic mass is 10.2. The average molecular weight is 288 g/mol. The summed E-state index contributed by atoms with van der Waals surface area (Å²) >= 11 is 0. The normalized spacial score (nSPS) is 12.2. The minimum atomic E-state index is -0.292. The second-order valence-electron chi connectivity index (χ2n) is 4.86. The van der Waals surface area contributed by atoms with E-state index in [0.717, 1.165) is 5.76 Å². The van der Waals surface area contributed by atoms with E-state index < -0.39 is 0 Å². The molecule has 2 aromatic rings. The Hall–Kier alpha value is -2.27. The zero-order chi connectivity index (χ0) is 15.2. The third kappa shape index (κ3) is 3.86. The van der Waals surface area contributed by atoms with Crippen molar-refractivity contribution in [3.05, 3.63) is 48.4 Å². The summed E-state index contributed by atoms with van der Waals surface area (Å²) in [6.45, 7) is 2.43. The molecule has 0 aliphatic rings. The Morgan fingerprint density at radius 3 is 2.76 bits per heavy atom. The average Bonchev–Trinajstić information content (AvgIpc) is 2.99. The summed E-state index contributed by atoms with van der Waals surface area (Å²) in [6, 6.07) is 10.8. The van der Waals surface area contributed by atoms with Gasteiger partial charge >= 0.3 is 0 Å². The van der Waals surface area contributed by atoms with Gasteiger partial charge in [0.2, 0.25) is 5.91 Å². The second-order valence-corrected chi connectivity index (χ2v) is 4.86. The number of ether oxygens (including phenoxy) is 1. The van der Waals surface area contributed by atoms with Gasteiger partial charge in [-0.25, -0.2) is 0 Å². The number of para-hydroxylation sites is 2. The number of carbonyl (C=O) groups is 1. The Labute approximate surface area is 124 Å². The van der Waals surface area contributed by atoms with Crippen LogP contribution in [0.2, 0.25) is 0 Å². The third-order valence-electron chi connectivity index (χ3n) is 3.39. The lowest BCUT2D eigenvalue weighted by Gasteiger charge is -2.23. The van der Waals surface area contributed by atoms with Gasteiger partial charge in [-0.3, -0.25) is 9.69 Å². The number of amides is 1. The number of benzene rings is 1.